The van der Waals surface area contributed by atoms with Crippen LogP contribution >= 0.6 is 11.3 Å². The molecule has 1 aromatic heterocycles. The van der Waals surface area contributed by atoms with Gasteiger partial charge in [0.25, 0.3) is 0 Å². The Bertz CT molecular complexity index is 394. The zero-order valence-electron chi connectivity index (χ0n) is 10.9. The average Bonchev–Trinajstić information content (AvgIpc) is 2.62. The van der Waals surface area contributed by atoms with Crippen molar-refractivity contribution in [3.05, 3.63) is 21.9 Å². The van der Waals surface area contributed by atoms with Crippen molar-refractivity contribution in [1.29, 1.82) is 0 Å². The van der Waals surface area contributed by atoms with Gasteiger partial charge in [-0.15, -0.1) is 11.3 Å². The minimum atomic E-state index is -0.312. The smallest absolute Gasteiger partial charge is 0.240 e. The summed E-state index contributed by atoms with van der Waals surface area (Å²) in [6.07, 6.45) is 7.47. The maximum atomic E-state index is 11.7. The first-order chi connectivity index (χ1) is 8.68. The van der Waals surface area contributed by atoms with Crippen molar-refractivity contribution in [2.45, 2.75) is 57.5 Å². The van der Waals surface area contributed by atoms with Crippen LogP contribution in [0.4, 0.5) is 0 Å². The molecule has 0 saturated heterocycles. The zero-order valence-corrected chi connectivity index (χ0v) is 11.8. The normalized spacial score (nSPS) is 19.4. The molecule has 1 aliphatic carbocycles. The first kappa shape index (κ1) is 13.6. The van der Waals surface area contributed by atoms with E-state index < -0.39 is 0 Å². The minimum Gasteiger partial charge on any atom is -0.368 e. The topological polar surface area (TPSA) is 55.1 Å². The van der Waals surface area contributed by atoms with Crippen LogP contribution in [0.2, 0.25) is 0 Å². The van der Waals surface area contributed by atoms with E-state index in [0.29, 0.717) is 6.04 Å². The number of hydrogen-bond donors (Lipinski definition) is 2. The molecule has 3 N–H and O–H groups in total. The number of nitrogens with one attached hydrogen (secondary N) is 1. The van der Waals surface area contributed by atoms with Crippen LogP contribution in [0.25, 0.3) is 0 Å². The number of carbonyl (C=O) groups is 1. The Morgan fingerprint density at radius 2 is 2.06 bits per heavy atom. The molecule has 1 amide bonds. The Labute approximate surface area is 113 Å². The van der Waals surface area contributed by atoms with E-state index in [1.807, 2.05) is 18.4 Å². The van der Waals surface area contributed by atoms with Gasteiger partial charge >= 0.3 is 0 Å². The number of nitrogens with two attached hydrogens (primary N) is 1. The summed E-state index contributed by atoms with van der Waals surface area (Å²) in [5, 5.41) is 5.50. The number of amides is 1. The van der Waals surface area contributed by atoms with Crippen LogP contribution < -0.4 is 11.1 Å². The van der Waals surface area contributed by atoms with Crippen molar-refractivity contribution in [2.75, 3.05) is 0 Å². The van der Waals surface area contributed by atoms with Gasteiger partial charge in [0.15, 0.2) is 0 Å². The maximum absolute atomic E-state index is 11.7. The lowest BCUT2D eigenvalue weighted by molar-refractivity contribution is -0.120. The lowest BCUT2D eigenvalue weighted by Crippen LogP contribution is -2.39. The predicted molar refractivity (Wildman–Crippen MR) is 75.6 cm³/mol. The van der Waals surface area contributed by atoms with Crippen molar-refractivity contribution in [3.8, 4) is 0 Å². The van der Waals surface area contributed by atoms with Crippen molar-refractivity contribution in [1.82, 2.24) is 5.32 Å². The number of thiophene rings is 1. The molecule has 3 nitrogen and oxygen atoms in total. The van der Waals surface area contributed by atoms with Gasteiger partial charge in [-0.3, -0.25) is 10.1 Å². The summed E-state index contributed by atoms with van der Waals surface area (Å²) < 4.78 is 0. The number of aryl methyl sites for hydroxylation is 1. The highest BCUT2D eigenvalue weighted by Gasteiger charge is 2.24. The molecule has 2 rings (SSSR count). The second kappa shape index (κ2) is 6.34. The van der Waals surface area contributed by atoms with E-state index in [-0.39, 0.29) is 11.9 Å². The van der Waals surface area contributed by atoms with Gasteiger partial charge in [-0.05, 0) is 36.8 Å². The molecule has 0 aliphatic heterocycles. The second-order valence-electron chi connectivity index (χ2n) is 5.16. The monoisotopic (exact) mass is 266 g/mol. The van der Waals surface area contributed by atoms with Gasteiger partial charge in [0, 0.05) is 10.9 Å². The summed E-state index contributed by atoms with van der Waals surface area (Å²) in [7, 11) is 0. The van der Waals surface area contributed by atoms with E-state index in [0.717, 1.165) is 23.3 Å². The maximum Gasteiger partial charge on any atom is 0.240 e. The molecule has 0 spiro atoms. The van der Waals surface area contributed by atoms with Crippen molar-refractivity contribution >= 4 is 17.2 Å². The Morgan fingerprint density at radius 3 is 2.56 bits per heavy atom. The van der Waals surface area contributed by atoms with Crippen molar-refractivity contribution in [3.63, 3.8) is 0 Å². The van der Waals surface area contributed by atoms with Gasteiger partial charge in [-0.25, -0.2) is 0 Å². The first-order valence-corrected chi connectivity index (χ1v) is 7.66. The molecule has 1 saturated carbocycles. The number of primary amides is 1. The van der Waals surface area contributed by atoms with Crippen molar-refractivity contribution in [2.24, 2.45) is 5.73 Å². The van der Waals surface area contributed by atoms with E-state index in [1.165, 1.54) is 25.7 Å². The largest absolute Gasteiger partial charge is 0.368 e. The van der Waals surface area contributed by atoms with Crippen LogP contribution in [0.3, 0.4) is 0 Å². The highest BCUT2D eigenvalue weighted by molar-refractivity contribution is 7.10. The molecule has 100 valence electrons. The average molecular weight is 266 g/mol. The summed E-state index contributed by atoms with van der Waals surface area (Å²) in [5.74, 6) is -0.259. The van der Waals surface area contributed by atoms with Crippen LogP contribution in [-0.4, -0.2) is 11.9 Å². The third-order valence-electron chi connectivity index (χ3n) is 3.71. The highest BCUT2D eigenvalue weighted by Crippen LogP contribution is 2.26. The molecule has 18 heavy (non-hydrogen) atoms. The molecule has 4 heteroatoms. The van der Waals surface area contributed by atoms with E-state index in [4.69, 9.17) is 5.73 Å². The highest BCUT2D eigenvalue weighted by atomic mass is 32.1. The van der Waals surface area contributed by atoms with Gasteiger partial charge in [0.1, 0.15) is 6.04 Å². The lowest BCUT2D eigenvalue weighted by Gasteiger charge is -2.22. The predicted octanol–water partition coefficient (Wildman–Crippen LogP) is 2.90. The van der Waals surface area contributed by atoms with Gasteiger partial charge in [0.2, 0.25) is 5.91 Å². The van der Waals surface area contributed by atoms with Crippen LogP contribution in [0.5, 0.6) is 0 Å². The summed E-state index contributed by atoms with van der Waals surface area (Å²) in [6, 6.07) is 2.17. The Kier molecular flexibility index (Phi) is 4.78. The van der Waals surface area contributed by atoms with E-state index >= 15 is 0 Å². The van der Waals surface area contributed by atoms with Crippen LogP contribution in [0.15, 0.2) is 11.4 Å². The fourth-order valence-electron chi connectivity index (χ4n) is 2.65. The fraction of sp³-hybridized carbons (Fsp3) is 0.643. The van der Waals surface area contributed by atoms with Gasteiger partial charge in [-0.1, -0.05) is 25.7 Å². The molecule has 1 atom stereocenters. The fourth-order valence-corrected chi connectivity index (χ4v) is 3.64. The summed E-state index contributed by atoms with van der Waals surface area (Å²) in [6.45, 7) is 2.04. The molecular weight excluding hydrogens is 244 g/mol. The molecular formula is C14H22N2OS. The third-order valence-corrected chi connectivity index (χ3v) is 4.79. The molecule has 0 bridgehead atoms. The first-order valence-electron chi connectivity index (χ1n) is 6.78. The summed E-state index contributed by atoms with van der Waals surface area (Å²) in [4.78, 5) is 12.8. The molecule has 1 aliphatic rings. The minimum absolute atomic E-state index is 0.259. The quantitative estimate of drug-likeness (QED) is 0.823. The standard InChI is InChI=1S/C14H22N2OS/c1-10-8-9-18-13(10)12(14(15)17)16-11-6-4-2-3-5-7-11/h8-9,11-12,16H,2-7H2,1H3,(H2,15,17). The Morgan fingerprint density at radius 1 is 1.39 bits per heavy atom. The zero-order chi connectivity index (χ0) is 13.0. The van der Waals surface area contributed by atoms with Gasteiger partial charge in [0.05, 0.1) is 0 Å². The van der Waals surface area contributed by atoms with E-state index in [9.17, 15) is 4.79 Å². The lowest BCUT2D eigenvalue weighted by atomic mass is 10.1. The van der Waals surface area contributed by atoms with Crippen LogP contribution in [0.1, 0.15) is 55.0 Å². The van der Waals surface area contributed by atoms with Gasteiger partial charge < -0.3 is 5.73 Å². The Hall–Kier alpha value is -0.870. The molecule has 0 aromatic carbocycles. The summed E-state index contributed by atoms with van der Waals surface area (Å²) >= 11 is 1.62. The number of carbonyl (C=O) groups excluding carboxylic acids is 1. The molecule has 1 heterocycles. The molecule has 1 unspecified atom stereocenters. The van der Waals surface area contributed by atoms with Crippen molar-refractivity contribution < 1.29 is 4.79 Å². The molecule has 0 radical (unpaired) electrons. The van der Waals surface area contributed by atoms with Gasteiger partial charge in [-0.2, -0.15) is 0 Å². The van der Waals surface area contributed by atoms with Crippen LogP contribution in [0, 0.1) is 6.92 Å². The third kappa shape index (κ3) is 3.33. The molecule has 1 fully saturated rings. The number of rotatable bonds is 4. The SMILES string of the molecule is Cc1ccsc1C(NC1CCCCCC1)C(N)=O. The summed E-state index contributed by atoms with van der Waals surface area (Å²) in [5.41, 5.74) is 6.72. The number of hydrogen-bond acceptors (Lipinski definition) is 3. The van der Waals surface area contributed by atoms with E-state index in [2.05, 4.69) is 5.32 Å². The van der Waals surface area contributed by atoms with E-state index in [1.54, 1.807) is 11.3 Å². The van der Waals surface area contributed by atoms with Crippen LogP contribution in [-0.2, 0) is 4.79 Å². The second-order valence-corrected chi connectivity index (χ2v) is 6.11. The Balaban J connectivity index is 2.06. The molecule has 1 aromatic rings.